The number of thiazole rings is 1. The van der Waals surface area contributed by atoms with E-state index in [1.807, 2.05) is 12.3 Å². The van der Waals surface area contributed by atoms with Gasteiger partial charge >= 0.3 is 0 Å². The van der Waals surface area contributed by atoms with Gasteiger partial charge in [-0.3, -0.25) is 0 Å². The summed E-state index contributed by atoms with van der Waals surface area (Å²) >= 11 is 2.98. The molecule has 0 spiro atoms. The molecule has 3 N–H and O–H groups in total. The molecule has 0 saturated heterocycles. The second-order valence-corrected chi connectivity index (χ2v) is 6.24. The van der Waals surface area contributed by atoms with E-state index in [4.69, 9.17) is 15.2 Å². The molecular formula is C13H20N4O2S2. The Balaban J connectivity index is 1.84. The van der Waals surface area contributed by atoms with Crippen molar-refractivity contribution in [2.75, 3.05) is 44.5 Å². The second kappa shape index (κ2) is 8.28. The summed E-state index contributed by atoms with van der Waals surface area (Å²) < 4.78 is 14.6. The number of aryl methyl sites for hydroxylation is 1. The van der Waals surface area contributed by atoms with Crippen molar-refractivity contribution < 1.29 is 9.47 Å². The van der Waals surface area contributed by atoms with Crippen LogP contribution in [0.1, 0.15) is 11.4 Å². The predicted octanol–water partition coefficient (Wildman–Crippen LogP) is 2.62. The van der Waals surface area contributed by atoms with Crippen LogP contribution in [0.3, 0.4) is 0 Å². The number of nitrogens with zero attached hydrogens (tertiary/aromatic N) is 2. The molecule has 0 aliphatic heterocycles. The van der Waals surface area contributed by atoms with Gasteiger partial charge in [0.2, 0.25) is 0 Å². The number of nitrogens with two attached hydrogens (primary N) is 1. The zero-order chi connectivity index (χ0) is 15.1. The van der Waals surface area contributed by atoms with Gasteiger partial charge < -0.3 is 20.5 Å². The Morgan fingerprint density at radius 2 is 2.19 bits per heavy atom. The van der Waals surface area contributed by atoms with Crippen LogP contribution in [-0.2, 0) is 9.47 Å². The van der Waals surface area contributed by atoms with E-state index < -0.39 is 0 Å². The number of nitrogens with one attached hydrogen (secondary N) is 1. The lowest BCUT2D eigenvalue weighted by Gasteiger charge is -2.06. The van der Waals surface area contributed by atoms with Gasteiger partial charge in [-0.25, -0.2) is 4.98 Å². The molecule has 2 heterocycles. The number of hydrogen-bond donors (Lipinski definition) is 2. The first-order valence-electron chi connectivity index (χ1n) is 6.70. The van der Waals surface area contributed by atoms with E-state index in [1.54, 1.807) is 18.4 Å². The van der Waals surface area contributed by atoms with Gasteiger partial charge in [0.15, 0.2) is 0 Å². The zero-order valence-corrected chi connectivity index (χ0v) is 13.9. The third-order valence-corrected chi connectivity index (χ3v) is 4.37. The average molecular weight is 328 g/mol. The molecule has 0 saturated carbocycles. The molecule has 0 atom stereocenters. The molecule has 0 aliphatic rings. The smallest absolute Gasteiger partial charge is 0.148 e. The summed E-state index contributed by atoms with van der Waals surface area (Å²) in [4.78, 5) is 4.48. The number of methoxy groups -OCH3 is 1. The Bertz CT molecular complexity index is 556. The summed E-state index contributed by atoms with van der Waals surface area (Å²) in [7, 11) is 1.67. The molecule has 0 unspecified atom stereocenters. The van der Waals surface area contributed by atoms with E-state index in [9.17, 15) is 0 Å². The Morgan fingerprint density at radius 1 is 1.33 bits per heavy atom. The quantitative estimate of drug-likeness (QED) is 0.689. The summed E-state index contributed by atoms with van der Waals surface area (Å²) in [6.45, 7) is 4.76. The van der Waals surface area contributed by atoms with E-state index in [-0.39, 0.29) is 0 Å². The number of aromatic nitrogens is 2. The van der Waals surface area contributed by atoms with Crippen LogP contribution < -0.4 is 11.1 Å². The first-order valence-corrected chi connectivity index (χ1v) is 8.36. The van der Waals surface area contributed by atoms with Crippen LogP contribution in [0, 0.1) is 6.92 Å². The Kier molecular flexibility index (Phi) is 6.37. The minimum absolute atomic E-state index is 0.532. The summed E-state index contributed by atoms with van der Waals surface area (Å²) in [5.41, 5.74) is 7.75. The third kappa shape index (κ3) is 4.63. The molecule has 0 radical (unpaired) electrons. The van der Waals surface area contributed by atoms with Gasteiger partial charge in [0.25, 0.3) is 0 Å². The van der Waals surface area contributed by atoms with Gasteiger partial charge in [0.05, 0.1) is 29.5 Å². The molecule has 0 aliphatic carbocycles. The fourth-order valence-corrected chi connectivity index (χ4v) is 3.12. The lowest BCUT2D eigenvalue weighted by molar-refractivity contribution is 0.0705. The number of rotatable bonds is 9. The molecule has 8 heteroatoms. The van der Waals surface area contributed by atoms with E-state index in [0.29, 0.717) is 25.6 Å². The van der Waals surface area contributed by atoms with Crippen molar-refractivity contribution in [2.24, 2.45) is 0 Å². The number of hydrogen-bond acceptors (Lipinski definition) is 8. The highest BCUT2D eigenvalue weighted by Crippen LogP contribution is 2.36. The van der Waals surface area contributed by atoms with Crippen molar-refractivity contribution in [3.63, 3.8) is 0 Å². The third-order valence-electron chi connectivity index (χ3n) is 2.78. The van der Waals surface area contributed by atoms with Gasteiger partial charge in [-0.2, -0.15) is 4.37 Å². The second-order valence-electron chi connectivity index (χ2n) is 4.41. The molecule has 2 aromatic rings. The van der Waals surface area contributed by atoms with E-state index in [1.165, 1.54) is 11.5 Å². The molecule has 2 rings (SSSR count). The van der Waals surface area contributed by atoms with Gasteiger partial charge in [-0.1, -0.05) is 0 Å². The van der Waals surface area contributed by atoms with Crippen LogP contribution in [0.5, 0.6) is 0 Å². The van der Waals surface area contributed by atoms with Crippen LogP contribution in [0.4, 0.5) is 10.8 Å². The summed E-state index contributed by atoms with van der Waals surface area (Å²) in [5.74, 6) is 0.532. The lowest BCUT2D eigenvalue weighted by atomic mass is 10.2. The summed E-state index contributed by atoms with van der Waals surface area (Å²) in [6, 6.07) is 0. The van der Waals surface area contributed by atoms with Crippen molar-refractivity contribution in [3.8, 4) is 11.3 Å². The fourth-order valence-electron chi connectivity index (χ4n) is 1.77. The van der Waals surface area contributed by atoms with Crippen LogP contribution in [0.2, 0.25) is 0 Å². The fraction of sp³-hybridized carbons (Fsp3) is 0.538. The molecule has 0 amide bonds. The maximum absolute atomic E-state index is 5.95. The maximum atomic E-state index is 5.95. The van der Waals surface area contributed by atoms with Gasteiger partial charge in [-0.05, 0) is 24.9 Å². The predicted molar refractivity (Wildman–Crippen MR) is 88.2 cm³/mol. The van der Waals surface area contributed by atoms with Crippen LogP contribution >= 0.6 is 22.9 Å². The van der Waals surface area contributed by atoms with Gasteiger partial charge in [-0.15, -0.1) is 11.3 Å². The highest BCUT2D eigenvalue weighted by atomic mass is 32.1. The molecule has 116 valence electrons. The molecule has 0 fully saturated rings. The lowest BCUT2D eigenvalue weighted by Crippen LogP contribution is -2.08. The number of nitrogen functional groups attached to an aromatic ring is 1. The normalized spacial score (nSPS) is 11.0. The van der Waals surface area contributed by atoms with Crippen molar-refractivity contribution in [1.82, 2.24) is 9.36 Å². The first kappa shape index (κ1) is 16.2. The van der Waals surface area contributed by atoms with Crippen molar-refractivity contribution >= 4 is 33.7 Å². The van der Waals surface area contributed by atoms with E-state index in [0.717, 1.165) is 34.2 Å². The van der Waals surface area contributed by atoms with Crippen molar-refractivity contribution in [3.05, 3.63) is 10.4 Å². The van der Waals surface area contributed by atoms with E-state index in [2.05, 4.69) is 14.7 Å². The largest absolute Gasteiger partial charge is 0.382 e. The number of anilines is 2. The Hall–Kier alpha value is -1.22. The Labute approximate surface area is 132 Å². The standard InChI is InChI=1S/C13H20N4O2S2/c1-9-16-10(8-20-9)11-12(14)17-21-13(11)15-4-3-5-19-7-6-18-2/h8,15H,3-7H2,1-2H3,(H2,14,17). The monoisotopic (exact) mass is 328 g/mol. The highest BCUT2D eigenvalue weighted by Gasteiger charge is 2.15. The topological polar surface area (TPSA) is 82.3 Å². The van der Waals surface area contributed by atoms with Gasteiger partial charge in [0, 0.05) is 25.6 Å². The van der Waals surface area contributed by atoms with Gasteiger partial charge in [0.1, 0.15) is 10.8 Å². The summed E-state index contributed by atoms with van der Waals surface area (Å²) in [5, 5.41) is 7.36. The Morgan fingerprint density at radius 3 is 2.90 bits per heavy atom. The minimum atomic E-state index is 0.532. The van der Waals surface area contributed by atoms with Crippen molar-refractivity contribution in [1.29, 1.82) is 0 Å². The first-order chi connectivity index (χ1) is 10.2. The van der Waals surface area contributed by atoms with Crippen LogP contribution in [0.15, 0.2) is 5.38 Å². The molecule has 0 bridgehead atoms. The number of ether oxygens (including phenoxy) is 2. The van der Waals surface area contributed by atoms with Crippen LogP contribution in [-0.4, -0.2) is 42.8 Å². The highest BCUT2D eigenvalue weighted by molar-refractivity contribution is 7.11. The molecule has 0 aromatic carbocycles. The molecule has 2 aromatic heterocycles. The zero-order valence-electron chi connectivity index (χ0n) is 12.2. The molecule has 21 heavy (non-hydrogen) atoms. The minimum Gasteiger partial charge on any atom is -0.382 e. The molecular weight excluding hydrogens is 308 g/mol. The average Bonchev–Trinajstić information content (AvgIpc) is 3.04. The summed E-state index contributed by atoms with van der Waals surface area (Å²) in [6.07, 6.45) is 0.914. The van der Waals surface area contributed by atoms with Crippen LogP contribution in [0.25, 0.3) is 11.3 Å². The SMILES string of the molecule is COCCOCCCNc1snc(N)c1-c1csc(C)n1. The van der Waals surface area contributed by atoms with Crippen molar-refractivity contribution in [2.45, 2.75) is 13.3 Å². The molecule has 6 nitrogen and oxygen atoms in total. The van der Waals surface area contributed by atoms with E-state index >= 15 is 0 Å². The maximum Gasteiger partial charge on any atom is 0.148 e.